The molecule has 2 N–H and O–H groups in total. The van der Waals surface area contributed by atoms with Crippen LogP contribution in [0.15, 0.2) is 0 Å². The van der Waals surface area contributed by atoms with Crippen LogP contribution in [0.4, 0.5) is 0 Å². The summed E-state index contributed by atoms with van der Waals surface area (Å²) in [5.74, 6) is 0. The van der Waals surface area contributed by atoms with E-state index in [4.69, 9.17) is 4.74 Å². The molecule has 0 radical (unpaired) electrons. The molecule has 1 aliphatic rings. The zero-order chi connectivity index (χ0) is 14.7. The standard InChI is InChI=1S/C15H32N2O2/c1-12(2)16-9-14(3,4)10-17-7-13(8-18)19-15(5,6)11-17/h12-13,16,18H,7-11H2,1-6H3. The molecule has 19 heavy (non-hydrogen) atoms. The Balaban J connectivity index is 2.54. The van der Waals surface area contributed by atoms with Crippen LogP contribution in [0, 0.1) is 5.41 Å². The fourth-order valence-electron chi connectivity index (χ4n) is 2.77. The maximum atomic E-state index is 9.35. The lowest BCUT2D eigenvalue weighted by Gasteiger charge is -2.45. The summed E-state index contributed by atoms with van der Waals surface area (Å²) in [6, 6.07) is 0.519. The number of hydrogen-bond acceptors (Lipinski definition) is 4. The van der Waals surface area contributed by atoms with E-state index in [1.165, 1.54) is 0 Å². The molecule has 0 aliphatic carbocycles. The van der Waals surface area contributed by atoms with Crippen LogP contribution < -0.4 is 5.32 Å². The largest absolute Gasteiger partial charge is 0.394 e. The summed E-state index contributed by atoms with van der Waals surface area (Å²) in [7, 11) is 0. The van der Waals surface area contributed by atoms with Crippen molar-refractivity contribution >= 4 is 0 Å². The summed E-state index contributed by atoms with van der Waals surface area (Å²) in [4.78, 5) is 2.42. The van der Waals surface area contributed by atoms with Gasteiger partial charge in [-0.1, -0.05) is 27.7 Å². The number of nitrogens with zero attached hydrogens (tertiary/aromatic N) is 1. The second-order valence-corrected chi connectivity index (χ2v) is 7.55. The Morgan fingerprint density at radius 3 is 2.58 bits per heavy atom. The fourth-order valence-corrected chi connectivity index (χ4v) is 2.77. The highest BCUT2D eigenvalue weighted by Gasteiger charge is 2.35. The molecule has 1 saturated heterocycles. The van der Waals surface area contributed by atoms with Crippen molar-refractivity contribution in [1.82, 2.24) is 10.2 Å². The highest BCUT2D eigenvalue weighted by molar-refractivity contribution is 4.87. The van der Waals surface area contributed by atoms with Gasteiger partial charge in [-0.15, -0.1) is 0 Å². The van der Waals surface area contributed by atoms with Crippen LogP contribution >= 0.6 is 0 Å². The Morgan fingerprint density at radius 2 is 2.05 bits per heavy atom. The van der Waals surface area contributed by atoms with Crippen LogP contribution in [0.5, 0.6) is 0 Å². The first kappa shape index (κ1) is 16.9. The average molecular weight is 272 g/mol. The summed E-state index contributed by atoms with van der Waals surface area (Å²) < 4.78 is 5.86. The molecule has 1 rings (SSSR count). The summed E-state index contributed by atoms with van der Waals surface area (Å²) in [6.45, 7) is 17.0. The highest BCUT2D eigenvalue weighted by atomic mass is 16.5. The Hall–Kier alpha value is -0.160. The summed E-state index contributed by atoms with van der Waals surface area (Å²) in [6.07, 6.45) is -0.0578. The molecule has 4 heteroatoms. The van der Waals surface area contributed by atoms with Crippen molar-refractivity contribution in [2.45, 2.75) is 59.3 Å². The van der Waals surface area contributed by atoms with Gasteiger partial charge in [0.2, 0.25) is 0 Å². The number of morpholine rings is 1. The molecule has 1 fully saturated rings. The molecule has 0 aromatic rings. The van der Waals surface area contributed by atoms with Crippen LogP contribution in [-0.2, 0) is 4.74 Å². The maximum absolute atomic E-state index is 9.35. The quantitative estimate of drug-likeness (QED) is 0.769. The van der Waals surface area contributed by atoms with E-state index in [-0.39, 0.29) is 23.7 Å². The normalized spacial score (nSPS) is 24.9. The molecule has 0 saturated carbocycles. The van der Waals surface area contributed by atoms with Gasteiger partial charge in [-0.2, -0.15) is 0 Å². The molecule has 114 valence electrons. The van der Waals surface area contributed by atoms with Gasteiger partial charge in [-0.3, -0.25) is 4.90 Å². The van der Waals surface area contributed by atoms with Crippen molar-refractivity contribution in [3.05, 3.63) is 0 Å². The van der Waals surface area contributed by atoms with Gasteiger partial charge in [0.25, 0.3) is 0 Å². The zero-order valence-corrected chi connectivity index (χ0v) is 13.5. The third-order valence-electron chi connectivity index (χ3n) is 3.40. The van der Waals surface area contributed by atoms with Crippen LogP contribution in [0.1, 0.15) is 41.5 Å². The third kappa shape index (κ3) is 6.21. The molecule has 0 spiro atoms. The number of hydrogen-bond donors (Lipinski definition) is 2. The van der Waals surface area contributed by atoms with E-state index >= 15 is 0 Å². The Morgan fingerprint density at radius 1 is 1.42 bits per heavy atom. The predicted molar refractivity (Wildman–Crippen MR) is 79.4 cm³/mol. The van der Waals surface area contributed by atoms with E-state index in [9.17, 15) is 5.11 Å². The van der Waals surface area contributed by atoms with Crippen molar-refractivity contribution < 1.29 is 9.84 Å². The molecule has 1 atom stereocenters. The van der Waals surface area contributed by atoms with Crippen molar-refractivity contribution in [3.63, 3.8) is 0 Å². The monoisotopic (exact) mass is 272 g/mol. The Labute approximate surface area is 118 Å². The highest BCUT2D eigenvalue weighted by Crippen LogP contribution is 2.24. The molecule has 4 nitrogen and oxygen atoms in total. The molecular formula is C15H32N2O2. The number of aliphatic hydroxyl groups is 1. The number of ether oxygens (including phenoxy) is 1. The number of nitrogens with one attached hydrogen (secondary N) is 1. The van der Waals surface area contributed by atoms with Crippen molar-refractivity contribution in [2.75, 3.05) is 32.8 Å². The molecule has 1 heterocycles. The van der Waals surface area contributed by atoms with E-state index in [2.05, 4.69) is 51.8 Å². The summed E-state index contributed by atoms with van der Waals surface area (Å²) in [5.41, 5.74) is 0.0465. The molecule has 0 aromatic heterocycles. The van der Waals surface area contributed by atoms with Gasteiger partial charge in [0.05, 0.1) is 18.3 Å². The van der Waals surface area contributed by atoms with Crippen LogP contribution in [0.2, 0.25) is 0 Å². The Bertz CT molecular complexity index is 277. The van der Waals surface area contributed by atoms with E-state index in [0.717, 1.165) is 26.2 Å². The first-order valence-electron chi connectivity index (χ1n) is 7.38. The SMILES string of the molecule is CC(C)NCC(C)(C)CN1CC(CO)OC(C)(C)C1. The van der Waals surface area contributed by atoms with Gasteiger partial charge >= 0.3 is 0 Å². The van der Waals surface area contributed by atoms with Crippen LogP contribution in [0.3, 0.4) is 0 Å². The van der Waals surface area contributed by atoms with E-state index in [0.29, 0.717) is 6.04 Å². The molecule has 1 unspecified atom stereocenters. The van der Waals surface area contributed by atoms with Gasteiger partial charge in [-0.25, -0.2) is 0 Å². The second-order valence-electron chi connectivity index (χ2n) is 7.55. The minimum atomic E-state index is -0.173. The predicted octanol–water partition coefficient (Wildman–Crippen LogP) is 1.48. The van der Waals surface area contributed by atoms with Gasteiger partial charge in [-0.05, 0) is 19.3 Å². The molecule has 0 amide bonds. The molecule has 0 aromatic carbocycles. The smallest absolute Gasteiger partial charge is 0.0940 e. The van der Waals surface area contributed by atoms with Crippen LogP contribution in [-0.4, -0.2) is 60.5 Å². The first-order valence-corrected chi connectivity index (χ1v) is 7.38. The number of aliphatic hydroxyl groups excluding tert-OH is 1. The fraction of sp³-hybridized carbons (Fsp3) is 1.00. The van der Waals surface area contributed by atoms with Crippen molar-refractivity contribution in [1.29, 1.82) is 0 Å². The van der Waals surface area contributed by atoms with E-state index in [1.807, 2.05) is 0 Å². The van der Waals surface area contributed by atoms with Gasteiger partial charge in [0, 0.05) is 32.2 Å². The zero-order valence-electron chi connectivity index (χ0n) is 13.5. The van der Waals surface area contributed by atoms with Gasteiger partial charge in [0.1, 0.15) is 0 Å². The van der Waals surface area contributed by atoms with E-state index in [1.54, 1.807) is 0 Å². The lowest BCUT2D eigenvalue weighted by Crippen LogP contribution is -2.56. The van der Waals surface area contributed by atoms with Crippen molar-refractivity contribution in [3.8, 4) is 0 Å². The van der Waals surface area contributed by atoms with E-state index < -0.39 is 0 Å². The Kier molecular flexibility index (Phi) is 5.80. The maximum Gasteiger partial charge on any atom is 0.0940 e. The summed E-state index contributed by atoms with van der Waals surface area (Å²) >= 11 is 0. The molecule has 0 bridgehead atoms. The minimum Gasteiger partial charge on any atom is -0.394 e. The second kappa shape index (κ2) is 6.53. The number of rotatable bonds is 6. The third-order valence-corrected chi connectivity index (χ3v) is 3.40. The lowest BCUT2D eigenvalue weighted by atomic mass is 9.91. The van der Waals surface area contributed by atoms with Crippen LogP contribution in [0.25, 0.3) is 0 Å². The lowest BCUT2D eigenvalue weighted by molar-refractivity contribution is -0.153. The van der Waals surface area contributed by atoms with Gasteiger partial charge < -0.3 is 15.2 Å². The van der Waals surface area contributed by atoms with Gasteiger partial charge in [0.15, 0.2) is 0 Å². The molecule has 1 aliphatic heterocycles. The molecular weight excluding hydrogens is 240 g/mol. The minimum absolute atomic E-state index is 0.0578. The average Bonchev–Trinajstić information content (AvgIpc) is 2.23. The first-order chi connectivity index (χ1) is 8.63. The van der Waals surface area contributed by atoms with Crippen molar-refractivity contribution in [2.24, 2.45) is 5.41 Å². The summed E-state index contributed by atoms with van der Waals surface area (Å²) in [5, 5.41) is 12.9. The topological polar surface area (TPSA) is 44.7 Å².